The molecule has 3 rings (SSSR count). The number of rotatable bonds is 1. The van der Waals surface area contributed by atoms with Gasteiger partial charge in [0.15, 0.2) is 0 Å². The highest BCUT2D eigenvalue weighted by molar-refractivity contribution is 9.10. The number of aryl methyl sites for hydroxylation is 1. The fourth-order valence-corrected chi connectivity index (χ4v) is 3.82. The van der Waals surface area contributed by atoms with Crippen LogP contribution in [0.15, 0.2) is 21.4 Å². The van der Waals surface area contributed by atoms with E-state index < -0.39 is 5.60 Å². The van der Waals surface area contributed by atoms with E-state index in [1.165, 1.54) is 0 Å². The summed E-state index contributed by atoms with van der Waals surface area (Å²) in [5.74, 6) is 0.839. The normalized spacial score (nSPS) is 16.1. The summed E-state index contributed by atoms with van der Waals surface area (Å²) in [6, 6.07) is 3.76. The van der Waals surface area contributed by atoms with Gasteiger partial charge in [0.1, 0.15) is 11.4 Å². The lowest BCUT2D eigenvalue weighted by atomic mass is 9.96. The SMILES string of the molecule is Cc1cc(Br)cc2c(=O)[nH]c(C3CCN(C(=O)OC(C)(C)C)CC3)nc12. The van der Waals surface area contributed by atoms with Crippen molar-refractivity contribution in [2.45, 2.75) is 52.1 Å². The van der Waals surface area contributed by atoms with Gasteiger partial charge in [-0.15, -0.1) is 0 Å². The second-order valence-electron chi connectivity index (χ2n) is 7.81. The van der Waals surface area contributed by atoms with Crippen LogP contribution in [0.25, 0.3) is 10.9 Å². The largest absolute Gasteiger partial charge is 0.444 e. The summed E-state index contributed by atoms with van der Waals surface area (Å²) in [5.41, 5.74) is 1.09. The fraction of sp³-hybridized carbons (Fsp3) is 0.526. The van der Waals surface area contributed by atoms with Crippen molar-refractivity contribution in [3.63, 3.8) is 0 Å². The van der Waals surface area contributed by atoms with Crippen molar-refractivity contribution in [3.05, 3.63) is 38.3 Å². The third-order valence-electron chi connectivity index (χ3n) is 4.52. The number of halogens is 1. The summed E-state index contributed by atoms with van der Waals surface area (Å²) in [7, 11) is 0. The molecule has 6 nitrogen and oxygen atoms in total. The average molecular weight is 422 g/mol. The van der Waals surface area contributed by atoms with Gasteiger partial charge >= 0.3 is 6.09 Å². The van der Waals surface area contributed by atoms with Gasteiger partial charge in [-0.1, -0.05) is 15.9 Å². The van der Waals surface area contributed by atoms with Crippen LogP contribution in [0.4, 0.5) is 4.79 Å². The number of nitrogens with one attached hydrogen (secondary N) is 1. The van der Waals surface area contributed by atoms with Crippen molar-refractivity contribution in [2.75, 3.05) is 13.1 Å². The maximum absolute atomic E-state index is 12.5. The van der Waals surface area contributed by atoms with E-state index in [9.17, 15) is 9.59 Å². The van der Waals surface area contributed by atoms with Crippen LogP contribution in [-0.4, -0.2) is 39.7 Å². The van der Waals surface area contributed by atoms with Gasteiger partial charge in [-0.05, 0) is 58.2 Å². The van der Waals surface area contributed by atoms with Crippen LogP contribution < -0.4 is 5.56 Å². The van der Waals surface area contributed by atoms with Gasteiger partial charge in [0.25, 0.3) is 5.56 Å². The number of fused-ring (bicyclic) bond motifs is 1. The van der Waals surface area contributed by atoms with Gasteiger partial charge in [0.05, 0.1) is 10.9 Å². The number of nitrogens with zero attached hydrogens (tertiary/aromatic N) is 2. The van der Waals surface area contributed by atoms with Crippen LogP contribution in [0, 0.1) is 6.92 Å². The minimum absolute atomic E-state index is 0.121. The highest BCUT2D eigenvalue weighted by Gasteiger charge is 2.28. The van der Waals surface area contributed by atoms with Crippen molar-refractivity contribution in [3.8, 4) is 0 Å². The molecule has 1 saturated heterocycles. The Hall–Kier alpha value is -1.89. The van der Waals surface area contributed by atoms with Crippen molar-refractivity contribution in [1.82, 2.24) is 14.9 Å². The highest BCUT2D eigenvalue weighted by Crippen LogP contribution is 2.28. The van der Waals surface area contributed by atoms with Gasteiger partial charge in [-0.2, -0.15) is 0 Å². The molecule has 0 unspecified atom stereocenters. The van der Waals surface area contributed by atoms with Crippen molar-refractivity contribution in [1.29, 1.82) is 0 Å². The molecule has 140 valence electrons. The molecule has 1 aliphatic heterocycles. The Morgan fingerprint density at radius 2 is 1.96 bits per heavy atom. The average Bonchev–Trinajstić information content (AvgIpc) is 2.54. The molecule has 0 spiro atoms. The third kappa shape index (κ3) is 4.09. The van der Waals surface area contributed by atoms with Gasteiger partial charge < -0.3 is 14.6 Å². The molecule has 2 aromatic rings. The number of benzene rings is 1. The Labute approximate surface area is 161 Å². The van der Waals surface area contributed by atoms with Crippen LogP contribution >= 0.6 is 15.9 Å². The van der Waals surface area contributed by atoms with Crippen molar-refractivity contribution in [2.24, 2.45) is 0 Å². The summed E-state index contributed by atoms with van der Waals surface area (Å²) in [5, 5.41) is 0.590. The van der Waals surface area contributed by atoms with E-state index in [0.717, 1.165) is 28.4 Å². The number of carbonyl (C=O) groups excluding carboxylic acids is 1. The van der Waals surface area contributed by atoms with E-state index >= 15 is 0 Å². The fourth-order valence-electron chi connectivity index (χ4n) is 3.24. The van der Waals surface area contributed by atoms with Crippen LogP contribution in [0.2, 0.25) is 0 Å². The van der Waals surface area contributed by atoms with E-state index in [1.807, 2.05) is 33.8 Å². The third-order valence-corrected chi connectivity index (χ3v) is 4.97. The first kappa shape index (κ1) is 18.9. The molecule has 26 heavy (non-hydrogen) atoms. The molecule has 1 amide bonds. The van der Waals surface area contributed by atoms with Crippen LogP contribution in [0.5, 0.6) is 0 Å². The zero-order chi connectivity index (χ0) is 19.1. The predicted molar refractivity (Wildman–Crippen MR) is 105 cm³/mol. The quantitative estimate of drug-likeness (QED) is 0.751. The van der Waals surface area contributed by atoms with E-state index in [2.05, 4.69) is 20.9 Å². The number of aromatic amines is 1. The van der Waals surface area contributed by atoms with E-state index in [4.69, 9.17) is 9.72 Å². The lowest BCUT2D eigenvalue weighted by Crippen LogP contribution is -2.41. The van der Waals surface area contributed by atoms with Gasteiger partial charge in [0, 0.05) is 23.5 Å². The number of hydrogen-bond donors (Lipinski definition) is 1. The van der Waals surface area contributed by atoms with Crippen molar-refractivity contribution >= 4 is 32.9 Å². The molecular weight excluding hydrogens is 398 g/mol. The van der Waals surface area contributed by atoms with Gasteiger partial charge in [-0.25, -0.2) is 9.78 Å². The van der Waals surface area contributed by atoms with Crippen LogP contribution in [0.3, 0.4) is 0 Å². The number of ether oxygens (including phenoxy) is 1. The number of carbonyl (C=O) groups is 1. The minimum Gasteiger partial charge on any atom is -0.444 e. The lowest BCUT2D eigenvalue weighted by molar-refractivity contribution is 0.0203. The molecule has 0 saturated carbocycles. The molecule has 1 aromatic carbocycles. The van der Waals surface area contributed by atoms with Crippen LogP contribution in [0.1, 0.15) is 50.9 Å². The highest BCUT2D eigenvalue weighted by atomic mass is 79.9. The maximum Gasteiger partial charge on any atom is 0.410 e. The summed E-state index contributed by atoms with van der Waals surface area (Å²) >= 11 is 3.42. The molecule has 0 radical (unpaired) electrons. The number of piperidine rings is 1. The Morgan fingerprint density at radius 3 is 2.58 bits per heavy atom. The molecule has 1 fully saturated rings. The van der Waals surface area contributed by atoms with Crippen molar-refractivity contribution < 1.29 is 9.53 Å². The number of H-pyrrole nitrogens is 1. The zero-order valence-electron chi connectivity index (χ0n) is 15.6. The molecule has 1 aromatic heterocycles. The summed E-state index contributed by atoms with van der Waals surface area (Å²) < 4.78 is 6.30. The molecule has 0 atom stereocenters. The van der Waals surface area contributed by atoms with Crippen LogP contribution in [-0.2, 0) is 4.74 Å². The first-order valence-electron chi connectivity index (χ1n) is 8.82. The van der Waals surface area contributed by atoms with E-state index in [1.54, 1.807) is 11.0 Å². The Bertz CT molecular complexity index is 893. The minimum atomic E-state index is -0.495. The molecule has 0 aliphatic carbocycles. The molecule has 0 bridgehead atoms. The number of amides is 1. The molecule has 7 heteroatoms. The summed E-state index contributed by atoms with van der Waals surface area (Å²) in [4.78, 5) is 34.0. The second-order valence-corrected chi connectivity index (χ2v) is 8.73. The Kier molecular flexibility index (Phi) is 5.10. The molecule has 2 heterocycles. The number of likely N-dealkylation sites (tertiary alicyclic amines) is 1. The predicted octanol–water partition coefficient (Wildman–Crippen LogP) is 4.11. The maximum atomic E-state index is 12.5. The monoisotopic (exact) mass is 421 g/mol. The molecule has 1 N–H and O–H groups in total. The summed E-state index contributed by atoms with van der Waals surface area (Å²) in [6.07, 6.45) is 1.23. The smallest absolute Gasteiger partial charge is 0.410 e. The van der Waals surface area contributed by atoms with E-state index in [0.29, 0.717) is 24.3 Å². The standard InChI is InChI=1S/C19H24BrN3O3/c1-11-9-13(20)10-14-15(11)21-16(22-17(14)24)12-5-7-23(8-6-12)18(25)26-19(2,3)4/h9-10,12H,5-8H2,1-4H3,(H,21,22,24). The first-order chi connectivity index (χ1) is 12.1. The zero-order valence-corrected chi connectivity index (χ0v) is 17.1. The molecular formula is C19H24BrN3O3. The Balaban J connectivity index is 1.78. The molecule has 1 aliphatic rings. The first-order valence-corrected chi connectivity index (χ1v) is 9.61. The lowest BCUT2D eigenvalue weighted by Gasteiger charge is -2.33. The topological polar surface area (TPSA) is 75.3 Å². The number of aromatic nitrogens is 2. The van der Waals surface area contributed by atoms with E-state index in [-0.39, 0.29) is 17.6 Å². The summed E-state index contributed by atoms with van der Waals surface area (Å²) in [6.45, 7) is 8.74. The Morgan fingerprint density at radius 1 is 1.31 bits per heavy atom. The van der Waals surface area contributed by atoms with Gasteiger partial charge in [-0.3, -0.25) is 4.79 Å². The number of hydrogen-bond acceptors (Lipinski definition) is 4. The second kappa shape index (κ2) is 7.02. The van der Waals surface area contributed by atoms with Gasteiger partial charge in [0.2, 0.25) is 0 Å².